The molecule has 1 aliphatic carbocycles. The van der Waals surface area contributed by atoms with Crippen LogP contribution in [0.4, 0.5) is 0 Å². The van der Waals surface area contributed by atoms with Gasteiger partial charge in [0, 0.05) is 11.8 Å². The number of alkyl halides is 1. The van der Waals surface area contributed by atoms with E-state index in [9.17, 15) is 4.79 Å². The average molecular weight is 181 g/mol. The molecule has 3 atom stereocenters. The van der Waals surface area contributed by atoms with Gasteiger partial charge in [-0.1, -0.05) is 30.3 Å². The fourth-order valence-corrected chi connectivity index (χ4v) is 1.98. The van der Waals surface area contributed by atoms with Gasteiger partial charge in [-0.15, -0.1) is 11.6 Å². The zero-order valence-corrected chi connectivity index (χ0v) is 7.24. The van der Waals surface area contributed by atoms with E-state index >= 15 is 0 Å². The predicted molar refractivity (Wildman–Crippen MR) is 48.4 cm³/mol. The van der Waals surface area contributed by atoms with Crippen molar-refractivity contribution in [2.75, 3.05) is 0 Å². The molecule has 0 spiro atoms. The molecular formula is C10H9ClO. The predicted octanol–water partition coefficient (Wildman–Crippen LogP) is 2.21. The summed E-state index contributed by atoms with van der Waals surface area (Å²) in [5.74, 6) is 0.291. The minimum Gasteiger partial charge on any atom is -0.303 e. The molecule has 62 valence electrons. The van der Waals surface area contributed by atoms with Crippen LogP contribution in [0.1, 0.15) is 11.5 Å². The van der Waals surface area contributed by atoms with Crippen LogP contribution in [0.25, 0.3) is 0 Å². The van der Waals surface area contributed by atoms with Crippen molar-refractivity contribution in [2.24, 2.45) is 5.92 Å². The standard InChI is InChI=1S/C10H9ClO/c11-10-8(6-12)9(10)7-4-2-1-3-5-7/h1-6,8-10H. The van der Waals surface area contributed by atoms with Crippen LogP contribution >= 0.6 is 11.6 Å². The van der Waals surface area contributed by atoms with Gasteiger partial charge in [-0.3, -0.25) is 0 Å². The third kappa shape index (κ3) is 1.14. The van der Waals surface area contributed by atoms with E-state index in [0.717, 1.165) is 6.29 Å². The molecule has 0 saturated heterocycles. The number of rotatable bonds is 2. The summed E-state index contributed by atoms with van der Waals surface area (Å²) in [6.45, 7) is 0. The summed E-state index contributed by atoms with van der Waals surface area (Å²) in [5, 5.41) is 0.0184. The van der Waals surface area contributed by atoms with Crippen molar-refractivity contribution in [1.82, 2.24) is 0 Å². The molecular weight excluding hydrogens is 172 g/mol. The van der Waals surface area contributed by atoms with Crippen molar-refractivity contribution in [3.05, 3.63) is 35.9 Å². The SMILES string of the molecule is O=CC1C(Cl)C1c1ccccc1. The van der Waals surface area contributed by atoms with Gasteiger partial charge in [0.15, 0.2) is 0 Å². The first-order valence-electron chi connectivity index (χ1n) is 3.99. The molecule has 0 radical (unpaired) electrons. The van der Waals surface area contributed by atoms with Crippen LogP contribution in [0.3, 0.4) is 0 Å². The van der Waals surface area contributed by atoms with E-state index in [-0.39, 0.29) is 17.2 Å². The molecule has 0 aliphatic heterocycles. The Morgan fingerprint density at radius 2 is 1.92 bits per heavy atom. The highest BCUT2D eigenvalue weighted by molar-refractivity contribution is 6.25. The highest BCUT2D eigenvalue weighted by Gasteiger charge is 2.49. The highest BCUT2D eigenvalue weighted by Crippen LogP contribution is 2.50. The van der Waals surface area contributed by atoms with Gasteiger partial charge in [-0.2, -0.15) is 0 Å². The van der Waals surface area contributed by atoms with E-state index in [2.05, 4.69) is 0 Å². The molecule has 3 unspecified atom stereocenters. The Labute approximate surface area is 76.4 Å². The lowest BCUT2D eigenvalue weighted by Gasteiger charge is -1.94. The minimum absolute atomic E-state index is 0.0184. The Morgan fingerprint density at radius 3 is 2.42 bits per heavy atom. The van der Waals surface area contributed by atoms with E-state index in [1.165, 1.54) is 5.56 Å². The zero-order chi connectivity index (χ0) is 8.55. The first kappa shape index (κ1) is 7.81. The molecule has 1 nitrogen and oxygen atoms in total. The Hall–Kier alpha value is -0.820. The molecule has 1 fully saturated rings. The van der Waals surface area contributed by atoms with Crippen molar-refractivity contribution >= 4 is 17.9 Å². The Morgan fingerprint density at radius 1 is 1.25 bits per heavy atom. The molecule has 1 aromatic rings. The van der Waals surface area contributed by atoms with Crippen molar-refractivity contribution < 1.29 is 4.79 Å². The normalized spacial score (nSPS) is 32.9. The lowest BCUT2D eigenvalue weighted by atomic mass is 10.1. The van der Waals surface area contributed by atoms with E-state index in [0.29, 0.717) is 0 Å². The first-order valence-corrected chi connectivity index (χ1v) is 4.42. The summed E-state index contributed by atoms with van der Waals surface area (Å²) < 4.78 is 0. The van der Waals surface area contributed by atoms with Crippen LogP contribution in [-0.2, 0) is 4.79 Å². The molecule has 0 heterocycles. The van der Waals surface area contributed by atoms with Gasteiger partial charge in [-0.25, -0.2) is 0 Å². The second kappa shape index (κ2) is 2.91. The number of benzene rings is 1. The molecule has 0 bridgehead atoms. The van der Waals surface area contributed by atoms with Gasteiger partial charge in [0.05, 0.1) is 5.38 Å². The van der Waals surface area contributed by atoms with Gasteiger partial charge < -0.3 is 4.79 Å². The molecule has 2 rings (SSSR count). The number of aldehydes is 1. The topological polar surface area (TPSA) is 17.1 Å². The van der Waals surface area contributed by atoms with Gasteiger partial charge in [0.1, 0.15) is 6.29 Å². The average Bonchev–Trinajstić information content (AvgIpc) is 2.78. The second-order valence-corrected chi connectivity index (χ2v) is 3.60. The summed E-state index contributed by atoms with van der Waals surface area (Å²) in [5.41, 5.74) is 1.18. The summed E-state index contributed by atoms with van der Waals surface area (Å²) in [4.78, 5) is 10.5. The Balaban J connectivity index is 2.19. The molecule has 1 saturated carbocycles. The van der Waals surface area contributed by atoms with Gasteiger partial charge in [0.2, 0.25) is 0 Å². The van der Waals surface area contributed by atoms with Gasteiger partial charge >= 0.3 is 0 Å². The molecule has 0 aromatic heterocycles. The maximum Gasteiger partial charge on any atom is 0.125 e. The van der Waals surface area contributed by atoms with Crippen LogP contribution in [0.15, 0.2) is 30.3 Å². The Bertz CT molecular complexity index is 283. The molecule has 0 amide bonds. The number of hydrogen-bond acceptors (Lipinski definition) is 1. The summed E-state index contributed by atoms with van der Waals surface area (Å²) in [7, 11) is 0. The van der Waals surface area contributed by atoms with Crippen LogP contribution < -0.4 is 0 Å². The minimum atomic E-state index is 0.0184. The summed E-state index contributed by atoms with van der Waals surface area (Å²) >= 11 is 5.92. The molecule has 0 N–H and O–H groups in total. The van der Waals surface area contributed by atoms with Crippen molar-refractivity contribution in [3.8, 4) is 0 Å². The van der Waals surface area contributed by atoms with E-state index < -0.39 is 0 Å². The molecule has 2 heteroatoms. The van der Waals surface area contributed by atoms with E-state index in [1.54, 1.807) is 0 Å². The van der Waals surface area contributed by atoms with Crippen molar-refractivity contribution in [1.29, 1.82) is 0 Å². The smallest absolute Gasteiger partial charge is 0.125 e. The molecule has 12 heavy (non-hydrogen) atoms. The van der Waals surface area contributed by atoms with Crippen LogP contribution in [0.5, 0.6) is 0 Å². The van der Waals surface area contributed by atoms with Crippen LogP contribution in [-0.4, -0.2) is 11.7 Å². The second-order valence-electron chi connectivity index (χ2n) is 3.09. The summed E-state index contributed by atoms with van der Waals surface area (Å²) in [6.07, 6.45) is 0.954. The van der Waals surface area contributed by atoms with Crippen LogP contribution in [0.2, 0.25) is 0 Å². The lowest BCUT2D eigenvalue weighted by Crippen LogP contribution is -1.82. The number of carbonyl (C=O) groups is 1. The molecule has 1 aliphatic rings. The van der Waals surface area contributed by atoms with Crippen LogP contribution in [0, 0.1) is 5.92 Å². The maximum atomic E-state index is 10.5. The number of halogens is 1. The number of hydrogen-bond donors (Lipinski definition) is 0. The summed E-state index contributed by atoms with van der Waals surface area (Å²) in [6, 6.07) is 9.94. The highest BCUT2D eigenvalue weighted by atomic mass is 35.5. The van der Waals surface area contributed by atoms with Crippen molar-refractivity contribution in [3.63, 3.8) is 0 Å². The van der Waals surface area contributed by atoms with E-state index in [4.69, 9.17) is 11.6 Å². The fraction of sp³-hybridized carbons (Fsp3) is 0.300. The zero-order valence-electron chi connectivity index (χ0n) is 6.48. The third-order valence-electron chi connectivity index (χ3n) is 2.33. The molecule has 1 aromatic carbocycles. The maximum absolute atomic E-state index is 10.5. The van der Waals surface area contributed by atoms with E-state index in [1.807, 2.05) is 30.3 Å². The fourth-order valence-electron chi connectivity index (χ4n) is 1.54. The van der Waals surface area contributed by atoms with Gasteiger partial charge in [0.25, 0.3) is 0 Å². The van der Waals surface area contributed by atoms with Crippen molar-refractivity contribution in [2.45, 2.75) is 11.3 Å². The van der Waals surface area contributed by atoms with Gasteiger partial charge in [-0.05, 0) is 5.56 Å². The number of carbonyl (C=O) groups excluding carboxylic acids is 1. The monoisotopic (exact) mass is 180 g/mol. The lowest BCUT2D eigenvalue weighted by molar-refractivity contribution is -0.108. The third-order valence-corrected chi connectivity index (χ3v) is 2.89. The first-order chi connectivity index (χ1) is 5.84. The Kier molecular flexibility index (Phi) is 1.89. The largest absolute Gasteiger partial charge is 0.303 e. The quantitative estimate of drug-likeness (QED) is 0.504.